The third-order valence-electron chi connectivity index (χ3n) is 3.75. The summed E-state index contributed by atoms with van der Waals surface area (Å²) >= 11 is 6.17. The van der Waals surface area contributed by atoms with Gasteiger partial charge in [-0.2, -0.15) is 0 Å². The SMILES string of the molecule is O=C(O)c1nn(-c2ccccc2Cl)nc1N(CCO)Cc1ccccc1. The second-order valence-electron chi connectivity index (χ2n) is 5.55. The second kappa shape index (κ2) is 7.99. The second-order valence-corrected chi connectivity index (χ2v) is 5.96. The Bertz CT molecular complexity index is 898. The standard InChI is InChI=1S/C18H17ClN4O3/c19-14-8-4-5-9-15(14)23-20-16(18(25)26)17(21-23)22(10-11-24)12-13-6-2-1-3-7-13/h1-9,24H,10-12H2,(H,25,26). The highest BCUT2D eigenvalue weighted by Crippen LogP contribution is 2.23. The Kier molecular flexibility index (Phi) is 5.50. The number of benzene rings is 2. The summed E-state index contributed by atoms with van der Waals surface area (Å²) < 4.78 is 0. The molecule has 0 amide bonds. The van der Waals surface area contributed by atoms with Gasteiger partial charge >= 0.3 is 5.97 Å². The van der Waals surface area contributed by atoms with Crippen molar-refractivity contribution in [3.8, 4) is 5.69 Å². The first-order valence-corrected chi connectivity index (χ1v) is 8.33. The number of carboxylic acid groups (broad SMARTS) is 1. The van der Waals surface area contributed by atoms with Crippen molar-refractivity contribution in [1.82, 2.24) is 15.0 Å². The number of aromatic nitrogens is 3. The molecule has 0 spiro atoms. The Labute approximate surface area is 155 Å². The van der Waals surface area contributed by atoms with E-state index in [1.807, 2.05) is 30.3 Å². The summed E-state index contributed by atoms with van der Waals surface area (Å²) in [5.74, 6) is -1.02. The number of anilines is 1. The average molecular weight is 373 g/mol. The van der Waals surface area contributed by atoms with Crippen LogP contribution in [0, 0.1) is 0 Å². The number of aliphatic hydroxyl groups is 1. The average Bonchev–Trinajstić information content (AvgIpc) is 3.08. The minimum atomic E-state index is -1.20. The molecule has 3 rings (SSSR count). The molecule has 0 fully saturated rings. The quantitative estimate of drug-likeness (QED) is 0.662. The number of nitrogens with zero attached hydrogens (tertiary/aromatic N) is 4. The molecule has 0 radical (unpaired) electrons. The molecule has 0 unspecified atom stereocenters. The molecule has 1 aromatic heterocycles. The minimum Gasteiger partial charge on any atom is -0.476 e. The van der Waals surface area contributed by atoms with Gasteiger partial charge in [-0.3, -0.25) is 0 Å². The van der Waals surface area contributed by atoms with Crippen LogP contribution in [0.2, 0.25) is 5.02 Å². The highest BCUT2D eigenvalue weighted by atomic mass is 35.5. The van der Waals surface area contributed by atoms with Gasteiger partial charge in [-0.1, -0.05) is 54.1 Å². The van der Waals surface area contributed by atoms with Gasteiger partial charge in [0.2, 0.25) is 5.69 Å². The predicted octanol–water partition coefficient (Wildman–Crippen LogP) is 2.62. The molecule has 0 saturated heterocycles. The normalized spacial score (nSPS) is 10.7. The molecule has 26 heavy (non-hydrogen) atoms. The Balaban J connectivity index is 2.03. The Morgan fingerprint density at radius 2 is 1.77 bits per heavy atom. The minimum absolute atomic E-state index is 0.148. The number of hydrogen-bond donors (Lipinski definition) is 2. The van der Waals surface area contributed by atoms with Crippen molar-refractivity contribution >= 4 is 23.4 Å². The zero-order valence-electron chi connectivity index (χ0n) is 13.8. The molecule has 0 aliphatic rings. The molecule has 0 aliphatic heterocycles. The van der Waals surface area contributed by atoms with E-state index in [9.17, 15) is 15.0 Å². The summed E-state index contributed by atoms with van der Waals surface area (Å²) in [4.78, 5) is 14.6. The van der Waals surface area contributed by atoms with E-state index < -0.39 is 5.97 Å². The van der Waals surface area contributed by atoms with Crippen molar-refractivity contribution in [1.29, 1.82) is 0 Å². The molecule has 0 atom stereocenters. The van der Waals surface area contributed by atoms with Crippen LogP contribution in [0.5, 0.6) is 0 Å². The highest BCUT2D eigenvalue weighted by Gasteiger charge is 2.24. The van der Waals surface area contributed by atoms with Crippen LogP contribution in [0.3, 0.4) is 0 Å². The maximum absolute atomic E-state index is 11.7. The lowest BCUT2D eigenvalue weighted by molar-refractivity contribution is 0.0690. The van der Waals surface area contributed by atoms with Crippen LogP contribution in [0.1, 0.15) is 16.1 Å². The monoisotopic (exact) mass is 372 g/mol. The highest BCUT2D eigenvalue weighted by molar-refractivity contribution is 6.32. The molecule has 0 saturated carbocycles. The van der Waals surface area contributed by atoms with Gasteiger partial charge in [0.15, 0.2) is 5.82 Å². The lowest BCUT2D eigenvalue weighted by Crippen LogP contribution is -2.28. The number of aliphatic hydroxyl groups excluding tert-OH is 1. The van der Waals surface area contributed by atoms with Gasteiger partial charge in [0.25, 0.3) is 0 Å². The Hall–Kier alpha value is -2.90. The van der Waals surface area contributed by atoms with Gasteiger partial charge in [0.1, 0.15) is 5.69 Å². The molecule has 1 heterocycles. The van der Waals surface area contributed by atoms with Crippen molar-refractivity contribution in [3.05, 3.63) is 70.9 Å². The molecule has 8 heteroatoms. The van der Waals surface area contributed by atoms with Crippen LogP contribution in [0.25, 0.3) is 5.69 Å². The summed E-state index contributed by atoms with van der Waals surface area (Å²) in [6.07, 6.45) is 0. The molecular formula is C18H17ClN4O3. The number of aromatic carboxylic acids is 1. The predicted molar refractivity (Wildman–Crippen MR) is 97.9 cm³/mol. The van der Waals surface area contributed by atoms with Gasteiger partial charge in [-0.25, -0.2) is 4.79 Å². The summed E-state index contributed by atoms with van der Waals surface area (Å²) in [7, 11) is 0. The Morgan fingerprint density at radius 3 is 2.42 bits per heavy atom. The van der Waals surface area contributed by atoms with E-state index in [1.54, 1.807) is 29.2 Å². The number of para-hydroxylation sites is 1. The maximum Gasteiger partial charge on any atom is 0.360 e. The fraction of sp³-hybridized carbons (Fsp3) is 0.167. The van der Waals surface area contributed by atoms with Crippen LogP contribution in [-0.4, -0.2) is 44.3 Å². The van der Waals surface area contributed by atoms with E-state index in [0.29, 0.717) is 17.3 Å². The lowest BCUT2D eigenvalue weighted by Gasteiger charge is -2.21. The molecule has 0 aliphatic carbocycles. The molecule has 3 aromatic rings. The van der Waals surface area contributed by atoms with Gasteiger partial charge in [-0.15, -0.1) is 15.0 Å². The maximum atomic E-state index is 11.7. The number of carbonyl (C=O) groups is 1. The van der Waals surface area contributed by atoms with Crippen molar-refractivity contribution in [3.63, 3.8) is 0 Å². The number of halogens is 1. The van der Waals surface area contributed by atoms with Crippen LogP contribution in [-0.2, 0) is 6.54 Å². The van der Waals surface area contributed by atoms with E-state index in [2.05, 4.69) is 10.2 Å². The van der Waals surface area contributed by atoms with Crippen molar-refractivity contribution in [2.75, 3.05) is 18.1 Å². The lowest BCUT2D eigenvalue weighted by atomic mass is 10.2. The van der Waals surface area contributed by atoms with Crippen molar-refractivity contribution in [2.45, 2.75) is 6.54 Å². The summed E-state index contributed by atoms with van der Waals surface area (Å²) in [6.45, 7) is 0.462. The van der Waals surface area contributed by atoms with E-state index in [-0.39, 0.29) is 24.7 Å². The molecule has 134 valence electrons. The largest absolute Gasteiger partial charge is 0.476 e. The molecular weight excluding hydrogens is 356 g/mol. The fourth-order valence-corrected chi connectivity index (χ4v) is 2.77. The number of hydrogen-bond acceptors (Lipinski definition) is 5. The number of carboxylic acids is 1. The third kappa shape index (κ3) is 3.84. The van der Waals surface area contributed by atoms with Crippen LogP contribution in [0.4, 0.5) is 5.82 Å². The summed E-state index contributed by atoms with van der Waals surface area (Å²) in [5.41, 5.74) is 1.24. The van der Waals surface area contributed by atoms with Gasteiger partial charge in [0.05, 0.1) is 11.6 Å². The van der Waals surface area contributed by atoms with Gasteiger partial charge < -0.3 is 15.1 Å². The van der Waals surface area contributed by atoms with Crippen LogP contribution in [0.15, 0.2) is 54.6 Å². The number of rotatable bonds is 7. The summed E-state index contributed by atoms with van der Waals surface area (Å²) in [6, 6.07) is 16.4. The summed E-state index contributed by atoms with van der Waals surface area (Å²) in [5, 5.41) is 27.8. The van der Waals surface area contributed by atoms with Crippen LogP contribution < -0.4 is 4.90 Å². The smallest absolute Gasteiger partial charge is 0.360 e. The fourth-order valence-electron chi connectivity index (χ4n) is 2.56. The van der Waals surface area contributed by atoms with Gasteiger partial charge in [0, 0.05) is 13.1 Å². The molecule has 2 aromatic carbocycles. The van der Waals surface area contributed by atoms with Crippen molar-refractivity contribution in [2.24, 2.45) is 0 Å². The topological polar surface area (TPSA) is 91.5 Å². The first kappa shape index (κ1) is 17.9. The van der Waals surface area contributed by atoms with Gasteiger partial charge in [-0.05, 0) is 17.7 Å². The van der Waals surface area contributed by atoms with Crippen molar-refractivity contribution < 1.29 is 15.0 Å². The van der Waals surface area contributed by atoms with E-state index >= 15 is 0 Å². The first-order valence-electron chi connectivity index (χ1n) is 7.95. The first-order chi connectivity index (χ1) is 12.6. The van der Waals surface area contributed by atoms with E-state index in [4.69, 9.17) is 11.6 Å². The van der Waals surface area contributed by atoms with Crippen LogP contribution >= 0.6 is 11.6 Å². The molecule has 2 N–H and O–H groups in total. The molecule has 0 bridgehead atoms. The Morgan fingerprint density at radius 1 is 1.08 bits per heavy atom. The zero-order valence-corrected chi connectivity index (χ0v) is 14.5. The molecule has 7 nitrogen and oxygen atoms in total. The van der Waals surface area contributed by atoms with E-state index in [0.717, 1.165) is 5.56 Å². The third-order valence-corrected chi connectivity index (χ3v) is 4.07. The van der Waals surface area contributed by atoms with E-state index in [1.165, 1.54) is 4.80 Å². The zero-order chi connectivity index (χ0) is 18.5.